The first kappa shape index (κ1) is 22.8. The van der Waals surface area contributed by atoms with Gasteiger partial charge in [0.2, 0.25) is 10.0 Å². The summed E-state index contributed by atoms with van der Waals surface area (Å²) in [6.07, 6.45) is 0. The number of carbonyl (C=O) groups excluding carboxylic acids is 1. The smallest absolute Gasteiger partial charge is 0.281 e. The maximum atomic E-state index is 13.0. The second-order valence-electron chi connectivity index (χ2n) is 8.46. The summed E-state index contributed by atoms with van der Waals surface area (Å²) in [6.45, 7) is 16.2. The highest BCUT2D eigenvalue weighted by atomic mass is 32.2. The van der Waals surface area contributed by atoms with Gasteiger partial charge in [-0.25, -0.2) is 8.42 Å². The number of hydrogen-bond acceptors (Lipinski definition) is 3. The summed E-state index contributed by atoms with van der Waals surface area (Å²) in [5.74, 6) is 0.144. The molecule has 1 atom stereocenters. The van der Waals surface area contributed by atoms with Gasteiger partial charge in [-0.3, -0.25) is 4.79 Å². The molecule has 1 aromatic rings. The predicted molar refractivity (Wildman–Crippen MR) is 112 cm³/mol. The number of amides is 1. The maximum Gasteiger partial charge on any atom is 0.281 e. The number of benzene rings is 1. The lowest BCUT2D eigenvalue weighted by Crippen LogP contribution is -3.19. The number of rotatable bonds is 6. The van der Waals surface area contributed by atoms with Gasteiger partial charge in [0.15, 0.2) is 6.04 Å². The molecule has 1 saturated heterocycles. The molecule has 1 N–H and O–H groups in total. The Balaban J connectivity index is 2.07. The lowest BCUT2D eigenvalue weighted by molar-refractivity contribution is -0.918. The average Bonchev–Trinajstić information content (AvgIpc) is 2.62. The zero-order valence-electron chi connectivity index (χ0n) is 18.3. The SMILES string of the molecule is Cc1ccc(S(=O)(=O)N2CC[NH+]([C@@H](C)C(=O)N(C(C)C)C(C)C)CC2)cc1C. The Morgan fingerprint density at radius 1 is 1.00 bits per heavy atom. The summed E-state index contributed by atoms with van der Waals surface area (Å²) in [4.78, 5) is 16.4. The molecule has 0 bridgehead atoms. The fourth-order valence-corrected chi connectivity index (χ4v) is 5.50. The highest BCUT2D eigenvalue weighted by Crippen LogP contribution is 2.19. The van der Waals surface area contributed by atoms with Gasteiger partial charge in [-0.1, -0.05) is 6.07 Å². The number of nitrogens with zero attached hydrogens (tertiary/aromatic N) is 2. The van der Waals surface area contributed by atoms with Gasteiger partial charge in [0.1, 0.15) is 0 Å². The third-order valence-electron chi connectivity index (χ3n) is 5.83. The van der Waals surface area contributed by atoms with Gasteiger partial charge in [0, 0.05) is 12.1 Å². The van der Waals surface area contributed by atoms with Crippen molar-refractivity contribution in [2.75, 3.05) is 26.2 Å². The number of hydrogen-bond donors (Lipinski definition) is 1. The van der Waals surface area contributed by atoms with Crippen LogP contribution in [0.2, 0.25) is 0 Å². The van der Waals surface area contributed by atoms with Crippen molar-refractivity contribution in [1.82, 2.24) is 9.21 Å². The highest BCUT2D eigenvalue weighted by Gasteiger charge is 2.37. The standard InChI is InChI=1S/C21H35N3O3S/c1-15(2)24(16(3)4)21(25)19(7)22-10-12-23(13-11-22)28(26,27)20-9-8-17(5)18(6)14-20/h8-9,14-16,19H,10-13H2,1-7H3/p+1/t19-/m0/s1. The largest absolute Gasteiger partial charge is 0.333 e. The third-order valence-corrected chi connectivity index (χ3v) is 7.73. The van der Waals surface area contributed by atoms with Gasteiger partial charge in [0.05, 0.1) is 31.1 Å². The van der Waals surface area contributed by atoms with E-state index in [9.17, 15) is 13.2 Å². The molecule has 1 aliphatic rings. The predicted octanol–water partition coefficient (Wildman–Crippen LogP) is 1.23. The Morgan fingerprint density at radius 2 is 1.54 bits per heavy atom. The molecule has 6 nitrogen and oxygen atoms in total. The van der Waals surface area contributed by atoms with E-state index in [1.165, 1.54) is 0 Å². The fourth-order valence-electron chi connectivity index (χ4n) is 3.97. The normalized spacial score (nSPS) is 17.9. The Hall–Kier alpha value is -1.44. The summed E-state index contributed by atoms with van der Waals surface area (Å²) >= 11 is 0. The van der Waals surface area contributed by atoms with E-state index < -0.39 is 10.0 Å². The summed E-state index contributed by atoms with van der Waals surface area (Å²) in [6, 6.07) is 5.43. The number of quaternary nitrogens is 1. The van der Waals surface area contributed by atoms with E-state index >= 15 is 0 Å². The number of sulfonamides is 1. The zero-order valence-corrected chi connectivity index (χ0v) is 19.1. The minimum absolute atomic E-state index is 0.144. The molecule has 0 unspecified atom stereocenters. The van der Waals surface area contributed by atoms with Crippen molar-refractivity contribution in [3.8, 4) is 0 Å². The molecule has 0 spiro atoms. The molecular formula is C21H36N3O3S+. The van der Waals surface area contributed by atoms with E-state index in [-0.39, 0.29) is 24.0 Å². The van der Waals surface area contributed by atoms with Crippen LogP contribution >= 0.6 is 0 Å². The topological polar surface area (TPSA) is 62.1 Å². The monoisotopic (exact) mass is 410 g/mol. The van der Waals surface area contributed by atoms with Crippen LogP contribution in [-0.4, -0.2) is 67.8 Å². The average molecular weight is 411 g/mol. The molecule has 1 aliphatic heterocycles. The van der Waals surface area contributed by atoms with Crippen LogP contribution in [0, 0.1) is 13.8 Å². The van der Waals surface area contributed by atoms with Gasteiger partial charge < -0.3 is 9.80 Å². The van der Waals surface area contributed by atoms with Crippen molar-refractivity contribution in [1.29, 1.82) is 0 Å². The van der Waals surface area contributed by atoms with Crippen molar-refractivity contribution < 1.29 is 18.1 Å². The second-order valence-corrected chi connectivity index (χ2v) is 10.4. The zero-order chi connectivity index (χ0) is 21.2. The van der Waals surface area contributed by atoms with Crippen LogP contribution in [-0.2, 0) is 14.8 Å². The first-order valence-electron chi connectivity index (χ1n) is 10.2. The Kier molecular flexibility index (Phi) is 7.28. The Labute approximate surface area is 170 Å². The number of piperazine rings is 1. The Morgan fingerprint density at radius 3 is 2.00 bits per heavy atom. The summed E-state index contributed by atoms with van der Waals surface area (Å²) in [7, 11) is -3.49. The number of aryl methyl sites for hydroxylation is 2. The van der Waals surface area contributed by atoms with E-state index in [1.54, 1.807) is 16.4 Å². The molecule has 0 radical (unpaired) electrons. The van der Waals surface area contributed by atoms with E-state index in [0.29, 0.717) is 31.1 Å². The Bertz CT molecular complexity index is 789. The lowest BCUT2D eigenvalue weighted by Gasteiger charge is -2.38. The van der Waals surface area contributed by atoms with Gasteiger partial charge in [-0.2, -0.15) is 4.31 Å². The van der Waals surface area contributed by atoms with Crippen LogP contribution < -0.4 is 4.90 Å². The van der Waals surface area contributed by atoms with Crippen molar-refractivity contribution in [2.24, 2.45) is 0 Å². The van der Waals surface area contributed by atoms with Gasteiger partial charge >= 0.3 is 0 Å². The first-order chi connectivity index (χ1) is 13.0. The number of carbonyl (C=O) groups is 1. The van der Waals surface area contributed by atoms with Crippen LogP contribution in [0.25, 0.3) is 0 Å². The lowest BCUT2D eigenvalue weighted by atomic mass is 10.1. The van der Waals surface area contributed by atoms with Gasteiger partial charge in [0.25, 0.3) is 5.91 Å². The molecule has 1 heterocycles. The quantitative estimate of drug-likeness (QED) is 0.767. The summed E-state index contributed by atoms with van der Waals surface area (Å²) < 4.78 is 27.5. The van der Waals surface area contributed by atoms with Crippen molar-refractivity contribution in [3.05, 3.63) is 29.3 Å². The van der Waals surface area contributed by atoms with Gasteiger partial charge in [-0.15, -0.1) is 0 Å². The molecule has 1 fully saturated rings. The fraction of sp³-hybridized carbons (Fsp3) is 0.667. The molecule has 7 heteroatoms. The second kappa shape index (κ2) is 8.93. The third kappa shape index (κ3) is 4.75. The molecule has 1 amide bonds. The molecular weight excluding hydrogens is 374 g/mol. The van der Waals surface area contributed by atoms with Gasteiger partial charge in [-0.05, 0) is 71.7 Å². The van der Waals surface area contributed by atoms with Crippen molar-refractivity contribution in [2.45, 2.75) is 71.5 Å². The van der Waals surface area contributed by atoms with E-state index in [4.69, 9.17) is 0 Å². The molecule has 2 rings (SSSR count). The number of nitrogens with one attached hydrogen (secondary N) is 1. The molecule has 0 aromatic heterocycles. The van der Waals surface area contributed by atoms with Crippen LogP contribution in [0.15, 0.2) is 23.1 Å². The first-order valence-corrected chi connectivity index (χ1v) is 11.6. The van der Waals surface area contributed by atoms with E-state index in [0.717, 1.165) is 16.0 Å². The minimum atomic E-state index is -3.49. The maximum absolute atomic E-state index is 13.0. The molecule has 1 aromatic carbocycles. The van der Waals surface area contributed by atoms with Crippen LogP contribution in [0.1, 0.15) is 45.7 Å². The minimum Gasteiger partial charge on any atom is -0.333 e. The van der Waals surface area contributed by atoms with Crippen LogP contribution in [0.5, 0.6) is 0 Å². The van der Waals surface area contributed by atoms with Crippen LogP contribution in [0.3, 0.4) is 0 Å². The molecule has 158 valence electrons. The molecule has 0 aliphatic carbocycles. The van der Waals surface area contributed by atoms with Crippen molar-refractivity contribution >= 4 is 15.9 Å². The van der Waals surface area contributed by atoms with E-state index in [1.807, 2.05) is 59.4 Å². The van der Waals surface area contributed by atoms with E-state index in [2.05, 4.69) is 0 Å². The highest BCUT2D eigenvalue weighted by molar-refractivity contribution is 7.89. The van der Waals surface area contributed by atoms with Crippen molar-refractivity contribution in [3.63, 3.8) is 0 Å². The molecule has 0 saturated carbocycles. The molecule has 28 heavy (non-hydrogen) atoms. The summed E-state index contributed by atoms with van der Waals surface area (Å²) in [5.41, 5.74) is 2.06. The van der Waals surface area contributed by atoms with Crippen LogP contribution in [0.4, 0.5) is 0 Å². The summed E-state index contributed by atoms with van der Waals surface area (Å²) in [5, 5.41) is 0.